The van der Waals surface area contributed by atoms with Crippen molar-refractivity contribution < 1.29 is 13.9 Å². The lowest BCUT2D eigenvalue weighted by Gasteiger charge is -2.15. The van der Waals surface area contributed by atoms with Crippen LogP contribution in [0.3, 0.4) is 0 Å². The summed E-state index contributed by atoms with van der Waals surface area (Å²) in [6.07, 6.45) is 0. The monoisotopic (exact) mass is 372 g/mol. The summed E-state index contributed by atoms with van der Waals surface area (Å²) in [6, 6.07) is 9.96. The fraction of sp³-hybridized carbons (Fsp3) is 0.250. The normalized spacial score (nSPS) is 10.5. The molecular formula is C16H15BrClFO2. The third kappa shape index (κ3) is 4.35. The van der Waals surface area contributed by atoms with Crippen molar-refractivity contribution >= 4 is 27.5 Å². The minimum absolute atomic E-state index is 0.263. The Morgan fingerprint density at radius 3 is 2.43 bits per heavy atom. The third-order valence-corrected chi connectivity index (χ3v) is 3.72. The summed E-state index contributed by atoms with van der Waals surface area (Å²) in [6.45, 7) is 2.77. The molecule has 0 saturated heterocycles. The van der Waals surface area contributed by atoms with Crippen molar-refractivity contribution in [3.63, 3.8) is 0 Å². The lowest BCUT2D eigenvalue weighted by molar-refractivity contribution is 0.267. The summed E-state index contributed by atoms with van der Waals surface area (Å²) in [5, 5.41) is 0. The SMILES string of the molecule is CCOc1cc(CCl)cc(Br)c1OCc1ccc(F)cc1. The fourth-order valence-electron chi connectivity index (χ4n) is 1.84. The molecule has 0 atom stereocenters. The van der Waals surface area contributed by atoms with Crippen molar-refractivity contribution in [2.24, 2.45) is 0 Å². The van der Waals surface area contributed by atoms with E-state index in [1.54, 1.807) is 12.1 Å². The second-order valence-electron chi connectivity index (χ2n) is 4.39. The first-order valence-electron chi connectivity index (χ1n) is 6.52. The van der Waals surface area contributed by atoms with Gasteiger partial charge in [-0.2, -0.15) is 0 Å². The Morgan fingerprint density at radius 2 is 1.81 bits per heavy atom. The molecule has 0 amide bonds. The molecule has 0 heterocycles. The van der Waals surface area contributed by atoms with Gasteiger partial charge in [-0.1, -0.05) is 12.1 Å². The van der Waals surface area contributed by atoms with Gasteiger partial charge in [0.15, 0.2) is 11.5 Å². The van der Waals surface area contributed by atoms with Crippen molar-refractivity contribution in [2.75, 3.05) is 6.61 Å². The Labute approximate surface area is 137 Å². The van der Waals surface area contributed by atoms with Crippen molar-refractivity contribution in [1.29, 1.82) is 0 Å². The molecule has 112 valence electrons. The van der Waals surface area contributed by atoms with E-state index in [0.29, 0.717) is 30.6 Å². The minimum Gasteiger partial charge on any atom is -0.490 e. The molecule has 0 aliphatic heterocycles. The second kappa shape index (κ2) is 7.66. The molecule has 0 fully saturated rings. The van der Waals surface area contributed by atoms with E-state index in [2.05, 4.69) is 15.9 Å². The maximum Gasteiger partial charge on any atom is 0.175 e. The molecule has 5 heteroatoms. The van der Waals surface area contributed by atoms with Crippen molar-refractivity contribution in [2.45, 2.75) is 19.4 Å². The lowest BCUT2D eigenvalue weighted by Crippen LogP contribution is -2.01. The smallest absolute Gasteiger partial charge is 0.175 e. The van der Waals surface area contributed by atoms with Crippen LogP contribution in [0.5, 0.6) is 11.5 Å². The molecule has 0 radical (unpaired) electrons. The van der Waals surface area contributed by atoms with Crippen LogP contribution in [-0.2, 0) is 12.5 Å². The molecule has 0 spiro atoms. The van der Waals surface area contributed by atoms with Crippen LogP contribution in [-0.4, -0.2) is 6.61 Å². The maximum atomic E-state index is 12.9. The van der Waals surface area contributed by atoms with E-state index in [9.17, 15) is 4.39 Å². The van der Waals surface area contributed by atoms with E-state index >= 15 is 0 Å². The van der Waals surface area contributed by atoms with Gasteiger partial charge in [-0.05, 0) is 58.2 Å². The number of alkyl halides is 1. The second-order valence-corrected chi connectivity index (χ2v) is 5.51. The van der Waals surface area contributed by atoms with Gasteiger partial charge >= 0.3 is 0 Å². The van der Waals surface area contributed by atoms with Gasteiger partial charge in [-0.15, -0.1) is 11.6 Å². The zero-order chi connectivity index (χ0) is 15.2. The van der Waals surface area contributed by atoms with E-state index in [1.165, 1.54) is 12.1 Å². The number of ether oxygens (including phenoxy) is 2. The summed E-state index contributed by atoms with van der Waals surface area (Å²) >= 11 is 9.33. The summed E-state index contributed by atoms with van der Waals surface area (Å²) in [7, 11) is 0. The van der Waals surface area contributed by atoms with Gasteiger partial charge in [0.2, 0.25) is 0 Å². The van der Waals surface area contributed by atoms with Gasteiger partial charge in [0.05, 0.1) is 11.1 Å². The van der Waals surface area contributed by atoms with Gasteiger partial charge in [-0.3, -0.25) is 0 Å². The number of hydrogen-bond donors (Lipinski definition) is 0. The average Bonchev–Trinajstić information content (AvgIpc) is 2.48. The summed E-state index contributed by atoms with van der Waals surface area (Å²) in [5.74, 6) is 1.40. The van der Waals surface area contributed by atoms with E-state index in [-0.39, 0.29) is 5.82 Å². The highest BCUT2D eigenvalue weighted by Crippen LogP contribution is 2.37. The largest absolute Gasteiger partial charge is 0.490 e. The highest BCUT2D eigenvalue weighted by Gasteiger charge is 2.12. The first-order chi connectivity index (χ1) is 10.1. The van der Waals surface area contributed by atoms with Crippen LogP contribution in [0.25, 0.3) is 0 Å². The molecule has 0 unspecified atom stereocenters. The Kier molecular flexibility index (Phi) is 5.88. The highest BCUT2D eigenvalue weighted by atomic mass is 79.9. The Hall–Kier alpha value is -1.26. The van der Waals surface area contributed by atoms with Crippen LogP contribution in [0.1, 0.15) is 18.1 Å². The zero-order valence-electron chi connectivity index (χ0n) is 11.5. The lowest BCUT2D eigenvalue weighted by atomic mass is 10.2. The first-order valence-corrected chi connectivity index (χ1v) is 7.85. The molecule has 21 heavy (non-hydrogen) atoms. The predicted octanol–water partition coefficient (Wildman–Crippen LogP) is 5.30. The van der Waals surface area contributed by atoms with Gasteiger partial charge in [0.1, 0.15) is 12.4 Å². The van der Waals surface area contributed by atoms with Crippen LogP contribution in [0, 0.1) is 5.82 Å². The maximum absolute atomic E-state index is 12.9. The number of hydrogen-bond acceptors (Lipinski definition) is 2. The molecule has 0 N–H and O–H groups in total. The summed E-state index contributed by atoms with van der Waals surface area (Å²) in [4.78, 5) is 0. The first kappa shape index (κ1) is 16.1. The molecule has 0 aromatic heterocycles. The molecule has 2 aromatic rings. The number of halogens is 3. The Bertz CT molecular complexity index is 602. The molecule has 2 rings (SSSR count). The van der Waals surface area contributed by atoms with Gasteiger partial charge in [-0.25, -0.2) is 4.39 Å². The summed E-state index contributed by atoms with van der Waals surface area (Å²) in [5.41, 5.74) is 1.83. The van der Waals surface area contributed by atoms with Crippen molar-refractivity contribution in [1.82, 2.24) is 0 Å². The minimum atomic E-state index is -0.263. The number of rotatable bonds is 6. The van der Waals surface area contributed by atoms with Crippen LogP contribution in [0.2, 0.25) is 0 Å². The van der Waals surface area contributed by atoms with Crippen LogP contribution in [0.4, 0.5) is 4.39 Å². The van der Waals surface area contributed by atoms with Gasteiger partial charge < -0.3 is 9.47 Å². The van der Waals surface area contributed by atoms with Gasteiger partial charge in [0, 0.05) is 5.88 Å². The molecule has 0 saturated carbocycles. The molecule has 0 aliphatic carbocycles. The van der Waals surface area contributed by atoms with Crippen LogP contribution < -0.4 is 9.47 Å². The van der Waals surface area contributed by atoms with Crippen LogP contribution in [0.15, 0.2) is 40.9 Å². The van der Waals surface area contributed by atoms with Crippen molar-refractivity contribution in [3.05, 3.63) is 57.8 Å². The van der Waals surface area contributed by atoms with Crippen LogP contribution >= 0.6 is 27.5 Å². The van der Waals surface area contributed by atoms with E-state index in [1.807, 2.05) is 19.1 Å². The molecule has 2 nitrogen and oxygen atoms in total. The van der Waals surface area contributed by atoms with E-state index in [0.717, 1.165) is 15.6 Å². The van der Waals surface area contributed by atoms with Crippen molar-refractivity contribution in [3.8, 4) is 11.5 Å². The summed E-state index contributed by atoms with van der Waals surface area (Å²) < 4.78 is 25.1. The standard InChI is InChI=1S/C16H15BrClFO2/c1-2-20-15-8-12(9-18)7-14(17)16(15)21-10-11-3-5-13(19)6-4-11/h3-8H,2,9-10H2,1H3. The molecule has 0 bridgehead atoms. The third-order valence-electron chi connectivity index (χ3n) is 2.82. The van der Waals surface area contributed by atoms with Gasteiger partial charge in [0.25, 0.3) is 0 Å². The topological polar surface area (TPSA) is 18.5 Å². The van der Waals surface area contributed by atoms with E-state index < -0.39 is 0 Å². The molecule has 2 aromatic carbocycles. The highest BCUT2D eigenvalue weighted by molar-refractivity contribution is 9.10. The predicted molar refractivity (Wildman–Crippen MR) is 85.6 cm³/mol. The van der Waals surface area contributed by atoms with E-state index in [4.69, 9.17) is 21.1 Å². The fourth-order valence-corrected chi connectivity index (χ4v) is 2.60. The number of benzene rings is 2. The quantitative estimate of drug-likeness (QED) is 0.639. The molecular weight excluding hydrogens is 359 g/mol. The molecule has 0 aliphatic rings. The Morgan fingerprint density at radius 1 is 1.10 bits per heavy atom. The zero-order valence-corrected chi connectivity index (χ0v) is 13.9. The Balaban J connectivity index is 2.19. The average molecular weight is 374 g/mol.